The zero-order valence-corrected chi connectivity index (χ0v) is 14.4. The normalized spacial score (nSPS) is 11.8. The number of ether oxygens (including phenoxy) is 2. The zero-order valence-electron chi connectivity index (χ0n) is 12.9. The number of benzene rings is 2. The first-order valence-corrected chi connectivity index (χ1v) is 7.88. The highest BCUT2D eigenvalue weighted by molar-refractivity contribution is 6.35. The van der Waals surface area contributed by atoms with Gasteiger partial charge in [0.25, 0.3) is 5.91 Å². The van der Waals surface area contributed by atoms with E-state index in [1.165, 1.54) is 25.3 Å². The van der Waals surface area contributed by atoms with Gasteiger partial charge < -0.3 is 14.8 Å². The molecular formula is C17H16Cl2FNO3. The molecule has 7 heteroatoms. The van der Waals surface area contributed by atoms with Gasteiger partial charge in [0.1, 0.15) is 11.6 Å². The molecule has 2 rings (SSSR count). The molecule has 1 unspecified atom stereocenters. The molecule has 0 saturated heterocycles. The van der Waals surface area contributed by atoms with E-state index in [-0.39, 0.29) is 24.9 Å². The second-order valence-electron chi connectivity index (χ2n) is 4.95. The van der Waals surface area contributed by atoms with Crippen LogP contribution in [0.5, 0.6) is 5.75 Å². The third kappa shape index (κ3) is 5.37. The summed E-state index contributed by atoms with van der Waals surface area (Å²) >= 11 is 11.8. The summed E-state index contributed by atoms with van der Waals surface area (Å²) in [5.41, 5.74) is 0.638. The molecule has 0 heterocycles. The molecule has 0 aliphatic rings. The average Bonchev–Trinajstić information content (AvgIpc) is 2.54. The molecule has 128 valence electrons. The standard InChI is InChI=1S/C17H16Cl2FNO3/c1-23-16(11-3-2-4-13(20)7-11)9-21-17(22)10-24-15-6-5-12(18)8-14(15)19/h2-8,16H,9-10H2,1H3,(H,21,22). The van der Waals surface area contributed by atoms with Crippen LogP contribution in [0.1, 0.15) is 11.7 Å². The summed E-state index contributed by atoms with van der Waals surface area (Å²) in [7, 11) is 1.49. The fourth-order valence-electron chi connectivity index (χ4n) is 2.04. The van der Waals surface area contributed by atoms with Crippen LogP contribution in [-0.2, 0) is 9.53 Å². The summed E-state index contributed by atoms with van der Waals surface area (Å²) < 4.78 is 23.9. The molecule has 0 fully saturated rings. The largest absolute Gasteiger partial charge is 0.482 e. The van der Waals surface area contributed by atoms with Crippen LogP contribution < -0.4 is 10.1 Å². The Balaban J connectivity index is 1.85. The molecule has 0 aliphatic carbocycles. The van der Waals surface area contributed by atoms with Crippen molar-refractivity contribution in [2.45, 2.75) is 6.10 Å². The average molecular weight is 372 g/mol. The van der Waals surface area contributed by atoms with Crippen molar-refractivity contribution in [2.24, 2.45) is 0 Å². The van der Waals surface area contributed by atoms with E-state index in [0.717, 1.165) is 0 Å². The van der Waals surface area contributed by atoms with Gasteiger partial charge in [-0.3, -0.25) is 4.79 Å². The van der Waals surface area contributed by atoms with Gasteiger partial charge in [-0.15, -0.1) is 0 Å². The summed E-state index contributed by atoms with van der Waals surface area (Å²) in [6, 6.07) is 10.8. The number of amides is 1. The molecule has 24 heavy (non-hydrogen) atoms. The van der Waals surface area contributed by atoms with E-state index in [1.54, 1.807) is 24.3 Å². The lowest BCUT2D eigenvalue weighted by atomic mass is 10.1. The maximum Gasteiger partial charge on any atom is 0.258 e. The minimum absolute atomic E-state index is 0.191. The SMILES string of the molecule is COC(CNC(=O)COc1ccc(Cl)cc1Cl)c1cccc(F)c1. The van der Waals surface area contributed by atoms with Crippen molar-refractivity contribution < 1.29 is 18.7 Å². The van der Waals surface area contributed by atoms with Crippen LogP contribution >= 0.6 is 23.2 Å². The number of halogens is 3. The highest BCUT2D eigenvalue weighted by atomic mass is 35.5. The van der Waals surface area contributed by atoms with Gasteiger partial charge in [0.2, 0.25) is 0 Å². The molecule has 1 amide bonds. The maximum atomic E-state index is 13.3. The van der Waals surface area contributed by atoms with Crippen LogP contribution in [0.25, 0.3) is 0 Å². The molecule has 0 saturated carbocycles. The molecule has 0 aromatic heterocycles. The third-order valence-corrected chi connectivity index (χ3v) is 3.77. The predicted octanol–water partition coefficient (Wildman–Crippen LogP) is 4.02. The van der Waals surface area contributed by atoms with Crippen molar-refractivity contribution >= 4 is 29.1 Å². The Kier molecular flexibility index (Phi) is 6.85. The number of carbonyl (C=O) groups is 1. The van der Waals surface area contributed by atoms with Crippen molar-refractivity contribution in [3.8, 4) is 5.75 Å². The molecule has 2 aromatic carbocycles. The Hall–Kier alpha value is -1.82. The quantitative estimate of drug-likeness (QED) is 0.799. The van der Waals surface area contributed by atoms with Gasteiger partial charge in [0.05, 0.1) is 11.1 Å². The summed E-state index contributed by atoms with van der Waals surface area (Å²) in [4.78, 5) is 11.9. The molecule has 0 spiro atoms. The number of hydrogen-bond donors (Lipinski definition) is 1. The first-order chi connectivity index (χ1) is 11.5. The number of nitrogens with one attached hydrogen (secondary N) is 1. The molecule has 4 nitrogen and oxygen atoms in total. The lowest BCUT2D eigenvalue weighted by molar-refractivity contribution is -0.123. The Morgan fingerprint density at radius 2 is 2.04 bits per heavy atom. The van der Waals surface area contributed by atoms with Gasteiger partial charge in [-0.1, -0.05) is 35.3 Å². The van der Waals surface area contributed by atoms with Gasteiger partial charge in [0.15, 0.2) is 6.61 Å². The van der Waals surface area contributed by atoms with Gasteiger partial charge in [-0.25, -0.2) is 4.39 Å². The Morgan fingerprint density at radius 1 is 1.25 bits per heavy atom. The Bertz CT molecular complexity index is 712. The number of carbonyl (C=O) groups excluding carboxylic acids is 1. The van der Waals surface area contributed by atoms with E-state index in [9.17, 15) is 9.18 Å². The first kappa shape index (κ1) is 18.5. The highest BCUT2D eigenvalue weighted by Gasteiger charge is 2.13. The minimum Gasteiger partial charge on any atom is -0.482 e. The summed E-state index contributed by atoms with van der Waals surface area (Å²) in [5, 5.41) is 3.48. The molecule has 0 aliphatic heterocycles. The van der Waals surface area contributed by atoms with Crippen LogP contribution in [0.2, 0.25) is 10.0 Å². The van der Waals surface area contributed by atoms with E-state index < -0.39 is 6.10 Å². The Morgan fingerprint density at radius 3 is 2.71 bits per heavy atom. The monoisotopic (exact) mass is 371 g/mol. The molecule has 1 atom stereocenters. The van der Waals surface area contributed by atoms with E-state index >= 15 is 0 Å². The molecule has 2 aromatic rings. The van der Waals surface area contributed by atoms with Crippen molar-refractivity contribution in [3.63, 3.8) is 0 Å². The van der Waals surface area contributed by atoms with Crippen LogP contribution in [0.4, 0.5) is 4.39 Å². The number of methoxy groups -OCH3 is 1. The lowest BCUT2D eigenvalue weighted by Crippen LogP contribution is -2.33. The highest BCUT2D eigenvalue weighted by Crippen LogP contribution is 2.27. The second kappa shape index (κ2) is 8.87. The van der Waals surface area contributed by atoms with Crippen LogP contribution in [0, 0.1) is 5.82 Å². The first-order valence-electron chi connectivity index (χ1n) is 7.12. The van der Waals surface area contributed by atoms with Crippen LogP contribution in [0.15, 0.2) is 42.5 Å². The van der Waals surface area contributed by atoms with Gasteiger partial charge in [0, 0.05) is 18.7 Å². The molecule has 0 radical (unpaired) electrons. The number of rotatable bonds is 7. The minimum atomic E-state index is -0.455. The Labute approximate surface area is 149 Å². The van der Waals surface area contributed by atoms with E-state index in [2.05, 4.69) is 5.32 Å². The predicted molar refractivity (Wildman–Crippen MR) is 91.1 cm³/mol. The third-order valence-electron chi connectivity index (χ3n) is 3.24. The van der Waals surface area contributed by atoms with Crippen molar-refractivity contribution in [2.75, 3.05) is 20.3 Å². The van der Waals surface area contributed by atoms with E-state index in [4.69, 9.17) is 32.7 Å². The van der Waals surface area contributed by atoms with Crippen molar-refractivity contribution in [1.29, 1.82) is 0 Å². The van der Waals surface area contributed by atoms with Gasteiger partial charge >= 0.3 is 0 Å². The van der Waals surface area contributed by atoms with Gasteiger partial charge in [-0.05, 0) is 35.9 Å². The fourth-order valence-corrected chi connectivity index (χ4v) is 2.50. The topological polar surface area (TPSA) is 47.6 Å². The summed E-state index contributed by atoms with van der Waals surface area (Å²) in [6.45, 7) is -0.0164. The summed E-state index contributed by atoms with van der Waals surface area (Å²) in [6.07, 6.45) is -0.455. The molecule has 1 N–H and O–H groups in total. The van der Waals surface area contributed by atoms with Crippen LogP contribution in [0.3, 0.4) is 0 Å². The lowest BCUT2D eigenvalue weighted by Gasteiger charge is -2.17. The van der Waals surface area contributed by atoms with Crippen molar-refractivity contribution in [1.82, 2.24) is 5.32 Å². The maximum absolute atomic E-state index is 13.3. The fraction of sp³-hybridized carbons (Fsp3) is 0.235. The van der Waals surface area contributed by atoms with E-state index in [1.807, 2.05) is 0 Å². The van der Waals surface area contributed by atoms with E-state index in [0.29, 0.717) is 21.4 Å². The van der Waals surface area contributed by atoms with Crippen molar-refractivity contribution in [3.05, 3.63) is 63.9 Å². The molecule has 0 bridgehead atoms. The van der Waals surface area contributed by atoms with Gasteiger partial charge in [-0.2, -0.15) is 0 Å². The molecular weight excluding hydrogens is 356 g/mol. The summed E-state index contributed by atoms with van der Waals surface area (Å²) in [5.74, 6) is -0.342. The smallest absolute Gasteiger partial charge is 0.258 e. The van der Waals surface area contributed by atoms with Crippen LogP contribution in [-0.4, -0.2) is 26.2 Å². The second-order valence-corrected chi connectivity index (χ2v) is 5.79. The zero-order chi connectivity index (χ0) is 17.5. The number of hydrogen-bond acceptors (Lipinski definition) is 3.